The Morgan fingerprint density at radius 1 is 0.314 bits per heavy atom. The lowest BCUT2D eigenvalue weighted by Crippen LogP contribution is -2.30. The Balaban J connectivity index is 4.66. The molecule has 1 atom stereocenters. The molecule has 0 fully saturated rings. The van der Waals surface area contributed by atoms with Crippen molar-refractivity contribution in [3.8, 4) is 0 Å². The lowest BCUT2D eigenvalue weighted by atomic mass is 10.1. The van der Waals surface area contributed by atoms with Crippen LogP contribution in [0.2, 0.25) is 0 Å². The van der Waals surface area contributed by atoms with Crippen molar-refractivity contribution in [3.63, 3.8) is 0 Å². The Kier molecular flexibility index (Phi) is 53.0. The molecule has 70 heavy (non-hydrogen) atoms. The number of esters is 3. The number of rotatable bonds is 48. The Bertz CT molecular complexity index is 1580. The molecule has 0 saturated heterocycles. The van der Waals surface area contributed by atoms with Crippen molar-refractivity contribution in [1.29, 1.82) is 0 Å². The van der Waals surface area contributed by atoms with Gasteiger partial charge in [0, 0.05) is 19.3 Å². The Morgan fingerprint density at radius 3 is 1.11 bits per heavy atom. The molecule has 6 nitrogen and oxygen atoms in total. The van der Waals surface area contributed by atoms with Crippen LogP contribution in [0.15, 0.2) is 146 Å². The van der Waals surface area contributed by atoms with Gasteiger partial charge in [-0.05, 0) is 122 Å². The van der Waals surface area contributed by atoms with Crippen LogP contribution in [0.5, 0.6) is 0 Å². The Morgan fingerprint density at radius 2 is 0.643 bits per heavy atom. The second-order valence-electron chi connectivity index (χ2n) is 17.8. The highest BCUT2D eigenvalue weighted by Gasteiger charge is 2.19. The van der Waals surface area contributed by atoms with Crippen LogP contribution in [-0.2, 0) is 28.6 Å². The van der Waals surface area contributed by atoms with E-state index in [9.17, 15) is 14.4 Å². The zero-order valence-corrected chi connectivity index (χ0v) is 44.7. The Hall–Kier alpha value is -4.71. The standard InChI is InChI=1S/C64H100O6/c1-4-7-10-13-16-19-22-25-28-31-32-34-36-39-42-45-48-51-54-57-63(66)69-60-61(59-68-62(65)56-53-50-47-44-41-38-35-30-27-24-21-18-15-12-9-6-3)70-64(67)58-55-52-49-46-43-40-37-33-29-26-23-20-17-14-11-8-5-2/h7,10,16-17,19-20,25-26,28-30,32,34-35,37-42,46,48-49,51,61H,4-6,8-9,11-15,18,21-24,27,31,33,36,43-45,47,50,52-60H2,1-3H3/b10-7-,19-16-,20-17-,28-25-,29-26-,34-32-,35-30-,40-37-,41-38-,42-39-,49-46-,51-48-. The largest absolute Gasteiger partial charge is 0.462 e. The maximum atomic E-state index is 12.8. The van der Waals surface area contributed by atoms with E-state index in [-0.39, 0.29) is 38.0 Å². The van der Waals surface area contributed by atoms with Gasteiger partial charge in [0.1, 0.15) is 13.2 Å². The van der Waals surface area contributed by atoms with Crippen LogP contribution in [0.25, 0.3) is 0 Å². The highest BCUT2D eigenvalue weighted by Crippen LogP contribution is 2.11. The molecule has 0 aliphatic heterocycles. The predicted octanol–water partition coefficient (Wildman–Crippen LogP) is 18.8. The van der Waals surface area contributed by atoms with Crippen LogP contribution in [0.3, 0.4) is 0 Å². The first-order valence-corrected chi connectivity index (χ1v) is 27.9. The molecule has 0 N–H and O–H groups in total. The van der Waals surface area contributed by atoms with Gasteiger partial charge in [0.2, 0.25) is 0 Å². The van der Waals surface area contributed by atoms with E-state index in [0.717, 1.165) is 96.3 Å². The van der Waals surface area contributed by atoms with Crippen LogP contribution in [0.1, 0.15) is 220 Å². The summed E-state index contributed by atoms with van der Waals surface area (Å²) >= 11 is 0. The molecule has 0 bridgehead atoms. The fourth-order valence-corrected chi connectivity index (χ4v) is 6.92. The molecule has 392 valence electrons. The van der Waals surface area contributed by atoms with Crippen LogP contribution in [-0.4, -0.2) is 37.2 Å². The summed E-state index contributed by atoms with van der Waals surface area (Å²) in [7, 11) is 0. The van der Waals surface area contributed by atoms with Crippen molar-refractivity contribution in [2.75, 3.05) is 13.2 Å². The minimum absolute atomic E-state index is 0.143. The average Bonchev–Trinajstić information content (AvgIpc) is 3.36. The molecule has 0 aromatic heterocycles. The summed E-state index contributed by atoms with van der Waals surface area (Å²) < 4.78 is 16.7. The molecular formula is C64H100O6. The lowest BCUT2D eigenvalue weighted by Gasteiger charge is -2.18. The van der Waals surface area contributed by atoms with Gasteiger partial charge in [-0.25, -0.2) is 0 Å². The van der Waals surface area contributed by atoms with E-state index in [4.69, 9.17) is 14.2 Å². The van der Waals surface area contributed by atoms with Crippen molar-refractivity contribution in [1.82, 2.24) is 0 Å². The second kappa shape index (κ2) is 56.9. The molecular weight excluding hydrogens is 865 g/mol. The van der Waals surface area contributed by atoms with E-state index in [1.54, 1.807) is 0 Å². The van der Waals surface area contributed by atoms with Crippen LogP contribution in [0.4, 0.5) is 0 Å². The highest BCUT2D eigenvalue weighted by molar-refractivity contribution is 5.71. The lowest BCUT2D eigenvalue weighted by molar-refractivity contribution is -0.166. The van der Waals surface area contributed by atoms with Crippen molar-refractivity contribution in [3.05, 3.63) is 146 Å². The number of ether oxygens (including phenoxy) is 3. The smallest absolute Gasteiger partial charge is 0.306 e. The van der Waals surface area contributed by atoms with Gasteiger partial charge < -0.3 is 14.2 Å². The summed E-state index contributed by atoms with van der Waals surface area (Å²) in [6, 6.07) is 0. The van der Waals surface area contributed by atoms with Crippen LogP contribution >= 0.6 is 0 Å². The van der Waals surface area contributed by atoms with Gasteiger partial charge in [-0.3, -0.25) is 14.4 Å². The summed E-state index contributed by atoms with van der Waals surface area (Å²) in [4.78, 5) is 38.1. The quantitative estimate of drug-likeness (QED) is 0.0199. The SMILES string of the molecule is CC/C=C\C/C=C\C/C=C\C/C=C\C/C=C\C/C=C\CCC(=O)OCC(COC(=O)CCCCC/C=C\C=C/CCCCCCCCC)OC(=O)CCC/C=C\C/C=C\C/C=C\C/C=C\CCCCC. The van der Waals surface area contributed by atoms with Crippen molar-refractivity contribution < 1.29 is 28.6 Å². The van der Waals surface area contributed by atoms with E-state index in [1.165, 1.54) is 70.6 Å². The summed E-state index contributed by atoms with van der Waals surface area (Å²) in [5, 5.41) is 0. The summed E-state index contributed by atoms with van der Waals surface area (Å²) in [6.07, 6.45) is 81.4. The maximum Gasteiger partial charge on any atom is 0.306 e. The van der Waals surface area contributed by atoms with Gasteiger partial charge in [-0.15, -0.1) is 0 Å². The number of hydrogen-bond donors (Lipinski definition) is 0. The van der Waals surface area contributed by atoms with E-state index >= 15 is 0 Å². The molecule has 0 radical (unpaired) electrons. The minimum atomic E-state index is -0.855. The molecule has 1 unspecified atom stereocenters. The third-order valence-corrected chi connectivity index (χ3v) is 11.1. The van der Waals surface area contributed by atoms with Crippen molar-refractivity contribution >= 4 is 17.9 Å². The minimum Gasteiger partial charge on any atom is -0.462 e. The first-order chi connectivity index (χ1) is 34.5. The maximum absolute atomic E-state index is 12.8. The van der Waals surface area contributed by atoms with Gasteiger partial charge >= 0.3 is 17.9 Å². The number of carbonyl (C=O) groups is 3. The van der Waals surface area contributed by atoms with Crippen LogP contribution in [0, 0.1) is 0 Å². The predicted molar refractivity (Wildman–Crippen MR) is 302 cm³/mol. The molecule has 0 rings (SSSR count). The molecule has 0 amide bonds. The van der Waals surface area contributed by atoms with E-state index in [0.29, 0.717) is 19.3 Å². The molecule has 0 saturated carbocycles. The summed E-state index contributed by atoms with van der Waals surface area (Å²) in [5.74, 6) is -1.12. The third kappa shape index (κ3) is 54.2. The average molecular weight is 965 g/mol. The number of carbonyl (C=O) groups excluding carboxylic acids is 3. The third-order valence-electron chi connectivity index (χ3n) is 11.1. The van der Waals surface area contributed by atoms with Crippen molar-refractivity contribution in [2.45, 2.75) is 226 Å². The second-order valence-corrected chi connectivity index (χ2v) is 17.8. The van der Waals surface area contributed by atoms with Gasteiger partial charge in [-0.1, -0.05) is 224 Å². The van der Waals surface area contributed by atoms with Gasteiger partial charge in [0.05, 0.1) is 0 Å². The van der Waals surface area contributed by atoms with Gasteiger partial charge in [0.25, 0.3) is 0 Å². The number of allylic oxidation sites excluding steroid dienone is 24. The molecule has 0 spiro atoms. The zero-order valence-electron chi connectivity index (χ0n) is 44.7. The molecule has 0 aliphatic rings. The number of hydrogen-bond acceptors (Lipinski definition) is 6. The summed E-state index contributed by atoms with van der Waals surface area (Å²) in [6.45, 7) is 6.34. The van der Waals surface area contributed by atoms with Crippen molar-refractivity contribution in [2.24, 2.45) is 0 Å². The highest BCUT2D eigenvalue weighted by atomic mass is 16.6. The van der Waals surface area contributed by atoms with E-state index in [2.05, 4.69) is 154 Å². The number of unbranched alkanes of at least 4 members (excludes halogenated alkanes) is 14. The Labute approximate surface area is 429 Å². The zero-order chi connectivity index (χ0) is 50.7. The topological polar surface area (TPSA) is 78.9 Å². The molecule has 0 heterocycles. The first-order valence-electron chi connectivity index (χ1n) is 27.9. The van der Waals surface area contributed by atoms with Gasteiger partial charge in [-0.2, -0.15) is 0 Å². The normalized spacial score (nSPS) is 13.2. The molecule has 0 aromatic carbocycles. The van der Waals surface area contributed by atoms with E-state index in [1.807, 2.05) is 12.2 Å². The molecule has 0 aromatic rings. The fraction of sp³-hybridized carbons (Fsp3) is 0.578. The monoisotopic (exact) mass is 965 g/mol. The fourth-order valence-electron chi connectivity index (χ4n) is 6.92. The van der Waals surface area contributed by atoms with Gasteiger partial charge in [0.15, 0.2) is 6.10 Å². The first kappa shape index (κ1) is 65.3. The van der Waals surface area contributed by atoms with Crippen LogP contribution < -0.4 is 0 Å². The summed E-state index contributed by atoms with van der Waals surface area (Å²) in [5.41, 5.74) is 0. The van der Waals surface area contributed by atoms with E-state index < -0.39 is 12.1 Å². The molecule has 6 heteroatoms. The molecule has 0 aliphatic carbocycles.